The Kier molecular flexibility index (Phi) is 5.38. The van der Waals surface area contributed by atoms with Crippen LogP contribution in [-0.4, -0.2) is 40.9 Å². The molecule has 1 saturated heterocycles. The van der Waals surface area contributed by atoms with Crippen LogP contribution in [0.1, 0.15) is 34.5 Å². The summed E-state index contributed by atoms with van der Waals surface area (Å²) < 4.78 is 12.2. The summed E-state index contributed by atoms with van der Waals surface area (Å²) in [6.07, 6.45) is 3.84. The monoisotopic (exact) mass is 398 g/mol. The second-order valence-corrected chi connectivity index (χ2v) is 7.65. The van der Waals surface area contributed by atoms with Gasteiger partial charge in [0.2, 0.25) is 11.7 Å². The Morgan fingerprint density at radius 1 is 1.18 bits per heavy atom. The topological polar surface area (TPSA) is 73.4 Å². The third kappa shape index (κ3) is 3.64. The number of aromatic nitrogens is 3. The second-order valence-electron chi connectivity index (χ2n) is 6.70. The van der Waals surface area contributed by atoms with Crippen LogP contribution < -0.4 is 4.90 Å². The molecule has 7 nitrogen and oxygen atoms in total. The number of aryl methyl sites for hydroxylation is 1. The SMILES string of the molecule is COC(=O)c1occc1CSc1nnc(N2CCCC2)n1-c1ccc(C)cc1. The van der Waals surface area contributed by atoms with Crippen LogP contribution in [0, 0.1) is 6.92 Å². The van der Waals surface area contributed by atoms with E-state index in [1.54, 1.807) is 6.07 Å². The smallest absolute Gasteiger partial charge is 0.374 e. The van der Waals surface area contributed by atoms with E-state index < -0.39 is 5.97 Å². The van der Waals surface area contributed by atoms with Crippen molar-refractivity contribution in [3.8, 4) is 5.69 Å². The highest BCUT2D eigenvalue weighted by Gasteiger charge is 2.23. The van der Waals surface area contributed by atoms with Crippen molar-refractivity contribution in [1.82, 2.24) is 14.8 Å². The van der Waals surface area contributed by atoms with Gasteiger partial charge in [-0.1, -0.05) is 29.5 Å². The molecule has 1 fully saturated rings. The van der Waals surface area contributed by atoms with Crippen LogP contribution in [0.4, 0.5) is 5.95 Å². The van der Waals surface area contributed by atoms with E-state index in [-0.39, 0.29) is 5.76 Å². The van der Waals surface area contributed by atoms with Crippen LogP contribution in [0.2, 0.25) is 0 Å². The highest BCUT2D eigenvalue weighted by Crippen LogP contribution is 2.31. The van der Waals surface area contributed by atoms with E-state index in [9.17, 15) is 4.79 Å². The van der Waals surface area contributed by atoms with Gasteiger partial charge in [0.05, 0.1) is 19.1 Å². The molecule has 146 valence electrons. The van der Waals surface area contributed by atoms with E-state index in [2.05, 4.69) is 50.9 Å². The molecule has 28 heavy (non-hydrogen) atoms. The lowest BCUT2D eigenvalue weighted by Crippen LogP contribution is -2.22. The number of thioether (sulfide) groups is 1. The number of ether oxygens (including phenoxy) is 1. The maximum atomic E-state index is 11.8. The number of carbonyl (C=O) groups is 1. The molecular weight excluding hydrogens is 376 g/mol. The zero-order valence-corrected chi connectivity index (χ0v) is 16.7. The number of furan rings is 1. The molecule has 0 radical (unpaired) electrons. The van der Waals surface area contributed by atoms with Crippen molar-refractivity contribution < 1.29 is 13.9 Å². The van der Waals surface area contributed by atoms with Crippen molar-refractivity contribution >= 4 is 23.7 Å². The summed E-state index contributed by atoms with van der Waals surface area (Å²) in [6, 6.07) is 10.1. The Bertz CT molecular complexity index is 958. The van der Waals surface area contributed by atoms with E-state index >= 15 is 0 Å². The Balaban J connectivity index is 1.64. The number of methoxy groups -OCH3 is 1. The molecule has 0 N–H and O–H groups in total. The zero-order valence-electron chi connectivity index (χ0n) is 15.9. The minimum Gasteiger partial charge on any atom is -0.463 e. The second kappa shape index (κ2) is 8.10. The molecule has 3 aromatic rings. The third-order valence-electron chi connectivity index (χ3n) is 4.77. The maximum Gasteiger partial charge on any atom is 0.374 e. The van der Waals surface area contributed by atoms with Crippen LogP contribution in [0.3, 0.4) is 0 Å². The molecule has 1 aliphatic heterocycles. The lowest BCUT2D eigenvalue weighted by atomic mass is 10.2. The van der Waals surface area contributed by atoms with Crippen molar-refractivity contribution in [2.45, 2.75) is 30.7 Å². The molecule has 0 saturated carbocycles. The molecule has 0 spiro atoms. The van der Waals surface area contributed by atoms with Crippen LogP contribution in [0.5, 0.6) is 0 Å². The molecule has 0 aliphatic carbocycles. The Morgan fingerprint density at radius 3 is 2.64 bits per heavy atom. The largest absolute Gasteiger partial charge is 0.463 e. The molecule has 3 heterocycles. The summed E-state index contributed by atoms with van der Waals surface area (Å²) in [5.74, 6) is 1.16. The van der Waals surface area contributed by atoms with Crippen molar-refractivity contribution in [3.63, 3.8) is 0 Å². The van der Waals surface area contributed by atoms with Gasteiger partial charge in [0.25, 0.3) is 0 Å². The number of nitrogens with zero attached hydrogens (tertiary/aromatic N) is 4. The van der Waals surface area contributed by atoms with E-state index in [1.165, 1.54) is 43.5 Å². The van der Waals surface area contributed by atoms with E-state index in [4.69, 9.17) is 9.15 Å². The zero-order chi connectivity index (χ0) is 19.5. The summed E-state index contributed by atoms with van der Waals surface area (Å²) in [5.41, 5.74) is 3.01. The van der Waals surface area contributed by atoms with Gasteiger partial charge in [-0.3, -0.25) is 4.57 Å². The molecular formula is C20H22N4O3S. The summed E-state index contributed by atoms with van der Waals surface area (Å²) in [5, 5.41) is 9.70. The first-order valence-corrected chi connectivity index (χ1v) is 10.2. The average molecular weight is 398 g/mol. The first-order valence-electron chi connectivity index (χ1n) is 9.22. The number of hydrogen-bond acceptors (Lipinski definition) is 7. The van der Waals surface area contributed by atoms with Crippen molar-refractivity contribution in [2.24, 2.45) is 0 Å². The average Bonchev–Trinajstić information content (AvgIpc) is 3.45. The van der Waals surface area contributed by atoms with E-state index in [1.807, 2.05) is 0 Å². The fourth-order valence-corrected chi connectivity index (χ4v) is 4.19. The lowest BCUT2D eigenvalue weighted by Gasteiger charge is -2.18. The van der Waals surface area contributed by atoms with Crippen LogP contribution in [0.15, 0.2) is 46.2 Å². The normalized spacial score (nSPS) is 13.9. The Hall–Kier alpha value is -2.74. The molecule has 0 bridgehead atoms. The first-order chi connectivity index (χ1) is 13.7. The van der Waals surface area contributed by atoms with Gasteiger partial charge in [0.15, 0.2) is 5.16 Å². The first kappa shape index (κ1) is 18.6. The molecule has 4 rings (SSSR count). The van der Waals surface area contributed by atoms with E-state index in [0.29, 0.717) is 5.75 Å². The summed E-state index contributed by atoms with van der Waals surface area (Å²) >= 11 is 1.52. The number of benzene rings is 1. The summed E-state index contributed by atoms with van der Waals surface area (Å²) in [7, 11) is 1.35. The van der Waals surface area contributed by atoms with Gasteiger partial charge < -0.3 is 14.1 Å². The molecule has 0 amide bonds. The number of esters is 1. The lowest BCUT2D eigenvalue weighted by molar-refractivity contribution is 0.0564. The van der Waals surface area contributed by atoms with Gasteiger partial charge >= 0.3 is 5.97 Å². The minimum atomic E-state index is -0.474. The molecule has 2 aromatic heterocycles. The summed E-state index contributed by atoms with van der Waals surface area (Å²) in [4.78, 5) is 14.1. The fourth-order valence-electron chi connectivity index (χ4n) is 3.26. The van der Waals surface area contributed by atoms with Gasteiger partial charge in [-0.2, -0.15) is 0 Å². The van der Waals surface area contributed by atoms with Gasteiger partial charge in [-0.05, 0) is 38.0 Å². The maximum absolute atomic E-state index is 11.8. The number of rotatable bonds is 6. The van der Waals surface area contributed by atoms with Crippen LogP contribution in [-0.2, 0) is 10.5 Å². The molecule has 1 aromatic carbocycles. The minimum absolute atomic E-state index is 0.233. The Morgan fingerprint density at radius 2 is 1.93 bits per heavy atom. The fraction of sp³-hybridized carbons (Fsp3) is 0.350. The van der Waals surface area contributed by atoms with Crippen molar-refractivity contribution in [2.75, 3.05) is 25.1 Å². The predicted molar refractivity (Wildman–Crippen MR) is 107 cm³/mol. The number of carbonyl (C=O) groups excluding carboxylic acids is 1. The van der Waals surface area contributed by atoms with Gasteiger partial charge in [-0.15, -0.1) is 10.2 Å². The number of hydrogen-bond donors (Lipinski definition) is 0. The van der Waals surface area contributed by atoms with Crippen LogP contribution in [0.25, 0.3) is 5.69 Å². The molecule has 0 atom stereocenters. The van der Waals surface area contributed by atoms with Crippen molar-refractivity contribution in [3.05, 3.63) is 53.5 Å². The van der Waals surface area contributed by atoms with Crippen molar-refractivity contribution in [1.29, 1.82) is 0 Å². The quantitative estimate of drug-likeness (QED) is 0.461. The molecule has 0 unspecified atom stereocenters. The highest BCUT2D eigenvalue weighted by atomic mass is 32.2. The van der Waals surface area contributed by atoms with E-state index in [0.717, 1.165) is 35.4 Å². The van der Waals surface area contributed by atoms with Gasteiger partial charge in [0, 0.05) is 24.4 Å². The van der Waals surface area contributed by atoms with Gasteiger partial charge in [-0.25, -0.2) is 4.79 Å². The summed E-state index contributed by atoms with van der Waals surface area (Å²) in [6.45, 7) is 4.05. The third-order valence-corrected chi connectivity index (χ3v) is 5.75. The molecule has 8 heteroatoms. The van der Waals surface area contributed by atoms with Gasteiger partial charge in [0.1, 0.15) is 0 Å². The predicted octanol–water partition coefficient (Wildman–Crippen LogP) is 3.85. The molecule has 1 aliphatic rings. The number of anilines is 1. The van der Waals surface area contributed by atoms with Crippen LogP contribution >= 0.6 is 11.8 Å². The standard InChI is InChI=1S/C20H22N4O3S/c1-14-5-7-16(8-6-14)24-19(23-10-3-4-11-23)21-22-20(24)28-13-15-9-12-27-17(15)18(25)26-2/h5-9,12H,3-4,10-11,13H2,1-2H3. The Labute approximate surface area is 167 Å². The highest BCUT2D eigenvalue weighted by molar-refractivity contribution is 7.98.